The van der Waals surface area contributed by atoms with E-state index in [0.29, 0.717) is 40.9 Å². The fourth-order valence-corrected chi connectivity index (χ4v) is 7.10. The molecule has 254 valence electrons. The molecule has 0 amide bonds. The number of alkyl halides is 1. The first kappa shape index (κ1) is 34.8. The average molecular weight is 673 g/mol. The number of hydrogen-bond acceptors (Lipinski definition) is 10. The van der Waals surface area contributed by atoms with E-state index in [1.807, 2.05) is 0 Å². The van der Waals surface area contributed by atoms with Crippen molar-refractivity contribution in [2.24, 2.45) is 5.14 Å². The minimum Gasteiger partial charge on any atom is -0.508 e. The minimum absolute atomic E-state index is 0.0364. The number of aromatic nitrogens is 3. The number of halogens is 3. The van der Waals surface area contributed by atoms with Crippen molar-refractivity contribution in [3.8, 4) is 28.8 Å². The highest BCUT2D eigenvalue weighted by Crippen LogP contribution is 2.43. The Labute approximate surface area is 278 Å². The number of phenolic OH excluding ortho intramolecular Hbond substituents is 1. The minimum atomic E-state index is -0.709. The summed E-state index contributed by atoms with van der Waals surface area (Å²) in [6, 6.07) is 5.19. The summed E-state index contributed by atoms with van der Waals surface area (Å²) in [4.78, 5) is 17.6. The molecular weight excluding hydrogens is 629 g/mol. The van der Waals surface area contributed by atoms with Crippen LogP contribution < -0.4 is 19.5 Å². The fourth-order valence-electron chi connectivity index (χ4n) is 7.10. The van der Waals surface area contributed by atoms with Crippen molar-refractivity contribution in [3.63, 3.8) is 0 Å². The number of aromatic hydroxyl groups is 1. The molecule has 2 atom stereocenters. The normalized spacial score (nSPS) is 19.4. The second kappa shape index (κ2) is 15.6. The molecule has 0 bridgehead atoms. The number of phenols is 1. The van der Waals surface area contributed by atoms with E-state index >= 15 is 4.39 Å². The van der Waals surface area contributed by atoms with Crippen LogP contribution in [-0.2, 0) is 6.42 Å². The Morgan fingerprint density at radius 1 is 0.979 bits per heavy atom. The van der Waals surface area contributed by atoms with Gasteiger partial charge >= 0.3 is 0 Å². The van der Waals surface area contributed by atoms with Crippen molar-refractivity contribution in [3.05, 3.63) is 41.6 Å². The number of methoxy groups -OCH3 is 2. The van der Waals surface area contributed by atoms with Crippen molar-refractivity contribution in [1.82, 2.24) is 19.9 Å². The van der Waals surface area contributed by atoms with Crippen molar-refractivity contribution >= 4 is 40.3 Å². The lowest BCUT2D eigenvalue weighted by atomic mass is 9.97. The predicted molar refractivity (Wildman–Crippen MR) is 182 cm³/mol. The molecule has 7 rings (SSSR count). The van der Waals surface area contributed by atoms with Crippen LogP contribution in [0.5, 0.6) is 17.5 Å². The van der Waals surface area contributed by atoms with Gasteiger partial charge in [0.25, 0.3) is 0 Å². The number of hydrogen-bond donors (Lipinski definition) is 3. The van der Waals surface area contributed by atoms with Gasteiger partial charge in [-0.15, -0.1) is 12.8 Å². The van der Waals surface area contributed by atoms with E-state index in [0.717, 1.165) is 63.6 Å². The van der Waals surface area contributed by atoms with E-state index in [-0.39, 0.29) is 34.3 Å². The molecule has 0 spiro atoms. The lowest BCUT2D eigenvalue weighted by Crippen LogP contribution is -2.24. The Kier molecular flexibility index (Phi) is 11.5. The van der Waals surface area contributed by atoms with Crippen LogP contribution in [0.25, 0.3) is 33.1 Å². The molecule has 3 saturated heterocycles. The van der Waals surface area contributed by atoms with Crippen molar-refractivity contribution in [2.75, 3.05) is 45.3 Å². The maximum absolute atomic E-state index is 16.4. The van der Waals surface area contributed by atoms with Crippen LogP contribution in [0.3, 0.4) is 0 Å². The molecular formula is C34H43F3N6O3S. The summed E-state index contributed by atoms with van der Waals surface area (Å²) < 4.78 is 54.8. The Morgan fingerprint density at radius 3 is 2.38 bits per heavy atom. The summed E-state index contributed by atoms with van der Waals surface area (Å²) in [6.45, 7) is 5.29. The molecule has 0 aliphatic carbocycles. The van der Waals surface area contributed by atoms with Gasteiger partial charge in [0.1, 0.15) is 28.9 Å². The van der Waals surface area contributed by atoms with Crippen LogP contribution in [0.2, 0.25) is 0 Å². The van der Waals surface area contributed by atoms with Gasteiger partial charge in [0.2, 0.25) is 11.8 Å². The van der Waals surface area contributed by atoms with Gasteiger partial charge in [-0.25, -0.2) is 23.1 Å². The van der Waals surface area contributed by atoms with Crippen LogP contribution >= 0.6 is 12.8 Å². The largest absolute Gasteiger partial charge is 0.508 e. The Hall–Kier alpha value is -3.55. The van der Waals surface area contributed by atoms with Crippen molar-refractivity contribution < 1.29 is 27.8 Å². The maximum Gasteiger partial charge on any atom is 0.225 e. The maximum atomic E-state index is 16.4. The van der Waals surface area contributed by atoms with Crippen LogP contribution in [-0.4, -0.2) is 77.6 Å². The number of fused-ring (bicyclic) bond motifs is 3. The van der Waals surface area contributed by atoms with Crippen LogP contribution in [0, 0.1) is 11.6 Å². The first-order chi connectivity index (χ1) is 22.8. The zero-order valence-corrected chi connectivity index (χ0v) is 28.0. The first-order valence-corrected chi connectivity index (χ1v) is 16.7. The molecule has 3 aliphatic rings. The molecule has 4 aromatic rings. The van der Waals surface area contributed by atoms with E-state index in [4.69, 9.17) is 9.47 Å². The van der Waals surface area contributed by atoms with Crippen LogP contribution in [0.1, 0.15) is 57.4 Å². The number of nitrogens with zero attached hydrogens (tertiary/aromatic N) is 5. The Bertz CT molecular complexity index is 1690. The molecule has 2 unspecified atom stereocenters. The standard InChI is InChI=1S/C27H28F2N4O3.C7H12FN.H3NS/c1-4-16-18(28)14-30-19-12-15(34)11-17(22(16)19)25-24(29)26-23(27(32-25)36-3)20(13-21(31-26)35-2)33-9-7-5-6-8-10-33;8-6-4-7-2-1-3-9(7)5-6;1-2/h11-14,34H,4-10H2,1-3H3;6-7H,1-5H2;2H,1H2. The molecule has 3 aromatic heterocycles. The molecule has 1 aromatic carbocycles. The molecule has 6 heterocycles. The van der Waals surface area contributed by atoms with Gasteiger partial charge in [0.15, 0.2) is 5.82 Å². The highest BCUT2D eigenvalue weighted by atomic mass is 32.1. The third-order valence-corrected chi connectivity index (χ3v) is 9.24. The number of ether oxygens (including phenoxy) is 2. The van der Waals surface area contributed by atoms with Gasteiger partial charge in [0.05, 0.1) is 37.0 Å². The van der Waals surface area contributed by atoms with Gasteiger partial charge in [0, 0.05) is 48.8 Å². The summed E-state index contributed by atoms with van der Waals surface area (Å²) in [5, 5.41) is 15.4. The third kappa shape index (κ3) is 7.17. The van der Waals surface area contributed by atoms with E-state index in [1.165, 1.54) is 39.2 Å². The van der Waals surface area contributed by atoms with Gasteiger partial charge in [-0.2, -0.15) is 0 Å². The lowest BCUT2D eigenvalue weighted by molar-refractivity contribution is 0.292. The van der Waals surface area contributed by atoms with E-state index < -0.39 is 17.8 Å². The Morgan fingerprint density at radius 2 is 1.72 bits per heavy atom. The number of rotatable bonds is 5. The van der Waals surface area contributed by atoms with Gasteiger partial charge < -0.3 is 19.5 Å². The molecule has 0 radical (unpaired) electrons. The summed E-state index contributed by atoms with van der Waals surface area (Å²) in [5.74, 6) is -0.896. The number of thiol groups is 1. The van der Waals surface area contributed by atoms with Gasteiger partial charge in [-0.1, -0.05) is 19.8 Å². The molecule has 0 saturated carbocycles. The second-order valence-corrected chi connectivity index (χ2v) is 12.0. The highest BCUT2D eigenvalue weighted by molar-refractivity contribution is 7.77. The van der Waals surface area contributed by atoms with Crippen LogP contribution in [0.15, 0.2) is 24.4 Å². The van der Waals surface area contributed by atoms with E-state index in [9.17, 15) is 13.9 Å². The van der Waals surface area contributed by atoms with Gasteiger partial charge in [-0.05, 0) is 56.7 Å². The van der Waals surface area contributed by atoms with Crippen LogP contribution in [0.4, 0.5) is 18.9 Å². The molecule has 3 aliphatic heterocycles. The second-order valence-electron chi connectivity index (χ2n) is 12.0. The number of aryl methyl sites for hydroxylation is 1. The quantitative estimate of drug-likeness (QED) is 0.198. The molecule has 3 fully saturated rings. The summed E-state index contributed by atoms with van der Waals surface area (Å²) in [6.07, 6.45) is 8.59. The summed E-state index contributed by atoms with van der Waals surface area (Å²) >= 11 is 3.03. The van der Waals surface area contributed by atoms with Crippen molar-refractivity contribution in [2.45, 2.75) is 70.5 Å². The lowest BCUT2D eigenvalue weighted by Gasteiger charge is -2.25. The van der Waals surface area contributed by atoms with E-state index in [1.54, 1.807) is 13.0 Å². The average Bonchev–Trinajstić information content (AvgIpc) is 3.55. The molecule has 47 heavy (non-hydrogen) atoms. The monoisotopic (exact) mass is 672 g/mol. The third-order valence-electron chi connectivity index (χ3n) is 9.24. The van der Waals surface area contributed by atoms with E-state index in [2.05, 4.69) is 42.7 Å². The highest BCUT2D eigenvalue weighted by Gasteiger charge is 2.34. The summed E-state index contributed by atoms with van der Waals surface area (Å²) in [5.41, 5.74) is 1.59. The number of pyridine rings is 3. The zero-order valence-electron chi connectivity index (χ0n) is 27.1. The topological polar surface area (TPSA) is 110 Å². The van der Waals surface area contributed by atoms with Gasteiger partial charge in [-0.3, -0.25) is 15.0 Å². The molecule has 3 N–H and O–H groups in total. The Balaban J connectivity index is 0.000000333. The number of nitrogens with two attached hydrogens (primary N) is 1. The van der Waals surface area contributed by atoms with Crippen molar-refractivity contribution in [1.29, 1.82) is 0 Å². The first-order valence-electron chi connectivity index (χ1n) is 16.1. The fraction of sp³-hybridized carbons (Fsp3) is 0.500. The smallest absolute Gasteiger partial charge is 0.225 e. The predicted octanol–water partition coefficient (Wildman–Crippen LogP) is 6.77. The SMILES string of the molecule is CCc1c(F)cnc2cc(O)cc(-c3nc(OC)c4c(N5CCCCCC5)cc(OC)nc4c3F)c12.FC1CC2CCCN2C1.NS. The molecule has 9 nitrogen and oxygen atoms in total. The number of anilines is 1. The zero-order chi connectivity index (χ0) is 33.7. The number of benzene rings is 1. The summed E-state index contributed by atoms with van der Waals surface area (Å²) in [7, 11) is 2.96. The molecule has 13 heteroatoms.